The molecule has 0 saturated carbocycles. The van der Waals surface area contributed by atoms with Crippen LogP contribution in [-0.4, -0.2) is 44.8 Å². The number of rotatable bonds is 10. The van der Waals surface area contributed by atoms with Gasteiger partial charge in [0.2, 0.25) is 0 Å². The second-order valence-corrected chi connectivity index (χ2v) is 7.79. The lowest BCUT2D eigenvalue weighted by Crippen LogP contribution is -2.37. The van der Waals surface area contributed by atoms with Gasteiger partial charge in [-0.15, -0.1) is 0 Å². The van der Waals surface area contributed by atoms with Crippen molar-refractivity contribution >= 4 is 29.6 Å². The molecule has 0 radical (unpaired) electrons. The van der Waals surface area contributed by atoms with Crippen LogP contribution < -0.4 is 30.3 Å². The molecule has 37 heavy (non-hydrogen) atoms. The van der Waals surface area contributed by atoms with Crippen molar-refractivity contribution in [3.05, 3.63) is 83.4 Å². The van der Waals surface area contributed by atoms with Crippen LogP contribution >= 0.6 is 0 Å². The highest BCUT2D eigenvalue weighted by atomic mass is 16.5. The molecule has 0 aliphatic rings. The van der Waals surface area contributed by atoms with E-state index in [1.807, 2.05) is 31.2 Å². The third-order valence-corrected chi connectivity index (χ3v) is 5.16. The fraction of sp³-hybridized carbons (Fsp3) is 0.185. The predicted molar refractivity (Wildman–Crippen MR) is 139 cm³/mol. The Morgan fingerprint density at radius 2 is 1.65 bits per heavy atom. The first-order valence-corrected chi connectivity index (χ1v) is 11.3. The van der Waals surface area contributed by atoms with Gasteiger partial charge >= 0.3 is 11.8 Å². The number of para-hydroxylation sites is 1. The number of amides is 3. The summed E-state index contributed by atoms with van der Waals surface area (Å²) in [7, 11) is 3.03. The minimum atomic E-state index is -0.906. The molecule has 0 unspecified atom stereocenters. The molecule has 3 aromatic carbocycles. The fourth-order valence-electron chi connectivity index (χ4n) is 3.15. The molecule has 0 bridgehead atoms. The van der Waals surface area contributed by atoms with Crippen molar-refractivity contribution in [1.82, 2.24) is 10.7 Å². The van der Waals surface area contributed by atoms with Gasteiger partial charge in [-0.2, -0.15) is 5.10 Å². The molecule has 0 fully saturated rings. The van der Waals surface area contributed by atoms with E-state index in [1.165, 1.54) is 13.3 Å². The molecule has 3 aromatic rings. The summed E-state index contributed by atoms with van der Waals surface area (Å²) >= 11 is 0. The molecule has 0 aliphatic carbocycles. The smallest absolute Gasteiger partial charge is 0.329 e. The number of hydrogen-bond donors (Lipinski definition) is 3. The summed E-state index contributed by atoms with van der Waals surface area (Å²) in [5.41, 5.74) is 5.23. The number of hydrazone groups is 1. The molecule has 0 aromatic heterocycles. The van der Waals surface area contributed by atoms with Crippen molar-refractivity contribution in [2.45, 2.75) is 13.5 Å². The van der Waals surface area contributed by atoms with Crippen molar-refractivity contribution < 1.29 is 28.6 Å². The first-order valence-electron chi connectivity index (χ1n) is 11.3. The molecule has 192 valence electrons. The quantitative estimate of drug-likeness (QED) is 0.221. The first-order chi connectivity index (χ1) is 17.9. The molecule has 0 heterocycles. The highest BCUT2D eigenvalue weighted by Crippen LogP contribution is 2.27. The number of methoxy groups -OCH3 is 2. The molecule has 0 aliphatic heterocycles. The van der Waals surface area contributed by atoms with Gasteiger partial charge in [-0.05, 0) is 60.0 Å². The van der Waals surface area contributed by atoms with Crippen LogP contribution in [0, 0.1) is 6.92 Å². The Morgan fingerprint density at radius 3 is 2.35 bits per heavy atom. The van der Waals surface area contributed by atoms with E-state index in [-0.39, 0.29) is 19.1 Å². The summed E-state index contributed by atoms with van der Waals surface area (Å²) in [6.45, 7) is 1.87. The number of carbonyl (C=O) groups is 3. The second-order valence-electron chi connectivity index (χ2n) is 7.79. The molecule has 3 N–H and O–H groups in total. The first kappa shape index (κ1) is 26.7. The standard InChI is InChI=1S/C27H28N4O6/c1-18-6-4-5-7-22(18)30-25(32)17-37-23-13-10-20(14-24(23)36-3)16-29-31-27(34)26(33)28-15-19-8-11-21(35-2)12-9-19/h4-14,16H,15,17H2,1-3H3,(H,28,33)(H,30,32)(H,31,34)/b29-16-. The number of carbonyl (C=O) groups excluding carboxylic acids is 3. The van der Waals surface area contributed by atoms with E-state index >= 15 is 0 Å². The van der Waals surface area contributed by atoms with E-state index in [9.17, 15) is 14.4 Å². The van der Waals surface area contributed by atoms with Crippen LogP contribution in [0.15, 0.2) is 71.8 Å². The lowest BCUT2D eigenvalue weighted by atomic mass is 10.2. The normalized spacial score (nSPS) is 10.5. The monoisotopic (exact) mass is 504 g/mol. The Kier molecular flexibility index (Phi) is 9.60. The molecular weight excluding hydrogens is 476 g/mol. The van der Waals surface area contributed by atoms with E-state index in [0.29, 0.717) is 28.5 Å². The zero-order valence-corrected chi connectivity index (χ0v) is 20.7. The zero-order chi connectivity index (χ0) is 26.6. The van der Waals surface area contributed by atoms with Crippen molar-refractivity contribution in [2.24, 2.45) is 5.10 Å². The molecular formula is C27H28N4O6. The van der Waals surface area contributed by atoms with E-state index in [2.05, 4.69) is 21.2 Å². The predicted octanol–water partition coefficient (Wildman–Crippen LogP) is 2.80. The number of nitrogens with zero attached hydrogens (tertiary/aromatic N) is 1. The van der Waals surface area contributed by atoms with Crippen molar-refractivity contribution in [1.29, 1.82) is 0 Å². The van der Waals surface area contributed by atoms with Crippen LogP contribution in [0.3, 0.4) is 0 Å². The number of ether oxygens (including phenoxy) is 3. The summed E-state index contributed by atoms with van der Waals surface area (Å²) in [4.78, 5) is 36.2. The van der Waals surface area contributed by atoms with Gasteiger partial charge < -0.3 is 24.8 Å². The van der Waals surface area contributed by atoms with Crippen LogP contribution in [0.4, 0.5) is 5.69 Å². The van der Waals surface area contributed by atoms with E-state index in [4.69, 9.17) is 14.2 Å². The van der Waals surface area contributed by atoms with Crippen LogP contribution in [0.5, 0.6) is 17.2 Å². The van der Waals surface area contributed by atoms with Gasteiger partial charge in [-0.3, -0.25) is 14.4 Å². The largest absolute Gasteiger partial charge is 0.497 e. The van der Waals surface area contributed by atoms with Crippen LogP contribution in [0.1, 0.15) is 16.7 Å². The van der Waals surface area contributed by atoms with Gasteiger partial charge in [-0.25, -0.2) is 5.43 Å². The lowest BCUT2D eigenvalue weighted by Gasteiger charge is -2.12. The van der Waals surface area contributed by atoms with E-state index in [1.54, 1.807) is 49.6 Å². The van der Waals surface area contributed by atoms with Crippen molar-refractivity contribution in [3.63, 3.8) is 0 Å². The van der Waals surface area contributed by atoms with Gasteiger partial charge in [0.15, 0.2) is 18.1 Å². The Bertz CT molecular complexity index is 1270. The third-order valence-electron chi connectivity index (χ3n) is 5.16. The third kappa shape index (κ3) is 8.10. The molecule has 3 rings (SSSR count). The number of hydrogen-bond acceptors (Lipinski definition) is 7. The number of anilines is 1. The fourth-order valence-corrected chi connectivity index (χ4v) is 3.15. The molecule has 3 amide bonds. The van der Waals surface area contributed by atoms with Gasteiger partial charge in [-0.1, -0.05) is 30.3 Å². The summed E-state index contributed by atoms with van der Waals surface area (Å²) in [5, 5.41) is 9.13. The van der Waals surface area contributed by atoms with Crippen LogP contribution in [0.2, 0.25) is 0 Å². The maximum Gasteiger partial charge on any atom is 0.329 e. The van der Waals surface area contributed by atoms with Crippen LogP contribution in [-0.2, 0) is 20.9 Å². The van der Waals surface area contributed by atoms with Gasteiger partial charge in [0.25, 0.3) is 5.91 Å². The van der Waals surface area contributed by atoms with E-state index in [0.717, 1.165) is 11.1 Å². The number of benzene rings is 3. The topological polar surface area (TPSA) is 127 Å². The molecule has 0 atom stereocenters. The summed E-state index contributed by atoms with van der Waals surface area (Å²) < 4.78 is 16.0. The minimum Gasteiger partial charge on any atom is -0.497 e. The Labute approximate surface area is 214 Å². The maximum atomic E-state index is 12.2. The lowest BCUT2D eigenvalue weighted by molar-refractivity contribution is -0.139. The highest BCUT2D eigenvalue weighted by Gasteiger charge is 2.13. The average molecular weight is 505 g/mol. The Balaban J connectivity index is 1.48. The SMILES string of the molecule is COc1ccc(CNC(=O)C(=O)N/N=C\c2ccc(OCC(=O)Nc3ccccc3C)c(OC)c2)cc1. The van der Waals surface area contributed by atoms with Crippen LogP contribution in [0.25, 0.3) is 0 Å². The average Bonchev–Trinajstić information content (AvgIpc) is 2.92. The molecule has 10 heteroatoms. The van der Waals surface area contributed by atoms with Gasteiger partial charge in [0.05, 0.1) is 20.4 Å². The van der Waals surface area contributed by atoms with Gasteiger partial charge in [0, 0.05) is 12.2 Å². The summed E-state index contributed by atoms with van der Waals surface area (Å²) in [6.07, 6.45) is 1.35. The molecule has 10 nitrogen and oxygen atoms in total. The van der Waals surface area contributed by atoms with Crippen molar-refractivity contribution in [3.8, 4) is 17.2 Å². The Hall–Kier alpha value is -4.86. The van der Waals surface area contributed by atoms with Gasteiger partial charge in [0.1, 0.15) is 5.75 Å². The highest BCUT2D eigenvalue weighted by molar-refractivity contribution is 6.35. The Morgan fingerprint density at radius 1 is 0.892 bits per heavy atom. The minimum absolute atomic E-state index is 0.182. The maximum absolute atomic E-state index is 12.2. The second kappa shape index (κ2) is 13.3. The summed E-state index contributed by atoms with van der Waals surface area (Å²) in [6, 6.07) is 19.4. The number of nitrogens with one attached hydrogen (secondary N) is 3. The van der Waals surface area contributed by atoms with Crippen molar-refractivity contribution in [2.75, 3.05) is 26.1 Å². The zero-order valence-electron chi connectivity index (χ0n) is 20.7. The molecule has 0 spiro atoms. The molecule has 0 saturated heterocycles. The number of aryl methyl sites for hydroxylation is 1. The van der Waals surface area contributed by atoms with E-state index < -0.39 is 11.8 Å². The summed E-state index contributed by atoms with van der Waals surface area (Å²) in [5.74, 6) is -0.607.